The Bertz CT molecular complexity index is 1350. The van der Waals surface area contributed by atoms with Gasteiger partial charge in [0.15, 0.2) is 0 Å². The number of aromatic carboxylic acids is 1. The number of carboxylic acids is 1. The van der Waals surface area contributed by atoms with E-state index in [0.29, 0.717) is 22.4 Å². The van der Waals surface area contributed by atoms with Crippen LogP contribution in [-0.4, -0.2) is 16.1 Å². The van der Waals surface area contributed by atoms with E-state index in [2.05, 4.69) is 4.98 Å². The van der Waals surface area contributed by atoms with Crippen molar-refractivity contribution in [2.45, 2.75) is 12.7 Å². The lowest BCUT2D eigenvalue weighted by molar-refractivity contribution is -0.137. The van der Waals surface area contributed by atoms with Crippen molar-refractivity contribution < 1.29 is 27.8 Å². The number of carbonyl (C=O) groups is 1. The highest BCUT2D eigenvalue weighted by atomic mass is 19.4. The van der Waals surface area contributed by atoms with E-state index in [0.717, 1.165) is 17.7 Å². The quantitative estimate of drug-likeness (QED) is 0.346. The second-order valence-electron chi connectivity index (χ2n) is 7.46. The Labute approximate surface area is 193 Å². The van der Waals surface area contributed by atoms with E-state index < -0.39 is 17.7 Å². The number of pyridine rings is 1. The smallest absolute Gasteiger partial charge is 0.416 e. The van der Waals surface area contributed by atoms with Crippen molar-refractivity contribution in [2.24, 2.45) is 5.73 Å². The van der Waals surface area contributed by atoms with Gasteiger partial charge in [0.05, 0.1) is 16.8 Å². The van der Waals surface area contributed by atoms with E-state index in [9.17, 15) is 23.1 Å². The van der Waals surface area contributed by atoms with Gasteiger partial charge in [0, 0.05) is 18.2 Å². The average Bonchev–Trinajstić information content (AvgIpc) is 2.83. The molecule has 0 atom stereocenters. The van der Waals surface area contributed by atoms with Gasteiger partial charge in [0.1, 0.15) is 5.75 Å². The molecule has 4 aromatic rings. The van der Waals surface area contributed by atoms with Gasteiger partial charge in [-0.15, -0.1) is 0 Å². The number of nitrogens with zero attached hydrogens (tertiary/aromatic N) is 1. The minimum absolute atomic E-state index is 0.0266. The van der Waals surface area contributed by atoms with Crippen molar-refractivity contribution in [3.8, 4) is 34.0 Å². The lowest BCUT2D eigenvalue weighted by Gasteiger charge is -2.14. The highest BCUT2D eigenvalue weighted by molar-refractivity contribution is 5.95. The molecule has 0 aliphatic heterocycles. The van der Waals surface area contributed by atoms with E-state index in [1.165, 1.54) is 18.2 Å². The Kier molecular flexibility index (Phi) is 6.34. The number of halogens is 3. The fourth-order valence-corrected chi connectivity index (χ4v) is 3.50. The second kappa shape index (κ2) is 9.36. The molecule has 0 radical (unpaired) electrons. The van der Waals surface area contributed by atoms with E-state index in [1.807, 2.05) is 0 Å². The van der Waals surface area contributed by atoms with Crippen LogP contribution in [0.5, 0.6) is 11.6 Å². The highest BCUT2D eigenvalue weighted by Crippen LogP contribution is 2.37. The normalized spacial score (nSPS) is 11.3. The van der Waals surface area contributed by atoms with E-state index in [-0.39, 0.29) is 23.7 Å². The zero-order valence-electron chi connectivity index (χ0n) is 17.7. The van der Waals surface area contributed by atoms with Crippen molar-refractivity contribution in [3.05, 3.63) is 102 Å². The number of carboxylic acid groups (broad SMARTS) is 1. The first-order chi connectivity index (χ1) is 16.2. The van der Waals surface area contributed by atoms with Crippen LogP contribution in [0, 0.1) is 0 Å². The molecule has 0 saturated heterocycles. The van der Waals surface area contributed by atoms with Crippen molar-refractivity contribution in [1.82, 2.24) is 4.98 Å². The summed E-state index contributed by atoms with van der Waals surface area (Å²) >= 11 is 0. The van der Waals surface area contributed by atoms with Gasteiger partial charge in [-0.3, -0.25) is 0 Å². The van der Waals surface area contributed by atoms with Crippen LogP contribution < -0.4 is 10.5 Å². The number of benzene rings is 3. The number of hydrogen-bond donors (Lipinski definition) is 2. The molecule has 8 heteroatoms. The van der Waals surface area contributed by atoms with Gasteiger partial charge < -0.3 is 15.6 Å². The Morgan fingerprint density at radius 2 is 1.68 bits per heavy atom. The third kappa shape index (κ3) is 5.07. The molecule has 0 fully saturated rings. The Morgan fingerprint density at radius 1 is 0.912 bits per heavy atom. The lowest BCUT2D eigenvalue weighted by atomic mass is 10.0. The SMILES string of the molecule is NCc1cccc(-c2cc(Oc3cccc(-c4ccccc4C(=O)O)n3)cc(C(F)(F)F)c2)c1. The summed E-state index contributed by atoms with van der Waals surface area (Å²) in [5.41, 5.74) is 7.19. The highest BCUT2D eigenvalue weighted by Gasteiger charge is 2.31. The van der Waals surface area contributed by atoms with E-state index in [1.54, 1.807) is 54.6 Å². The average molecular weight is 464 g/mol. The van der Waals surface area contributed by atoms with Gasteiger partial charge in [0.25, 0.3) is 0 Å². The molecule has 0 bridgehead atoms. The Morgan fingerprint density at radius 3 is 2.41 bits per heavy atom. The molecular formula is C26H19F3N2O3. The maximum absolute atomic E-state index is 13.6. The molecule has 0 amide bonds. The van der Waals surface area contributed by atoms with E-state index in [4.69, 9.17) is 10.5 Å². The monoisotopic (exact) mass is 464 g/mol. The van der Waals surface area contributed by atoms with Crippen molar-refractivity contribution in [2.75, 3.05) is 0 Å². The van der Waals surface area contributed by atoms with Gasteiger partial charge >= 0.3 is 12.1 Å². The fraction of sp³-hybridized carbons (Fsp3) is 0.0769. The van der Waals surface area contributed by atoms with Crippen molar-refractivity contribution >= 4 is 5.97 Å². The minimum Gasteiger partial charge on any atom is -0.478 e. The molecule has 0 aliphatic carbocycles. The molecule has 4 rings (SSSR count). The van der Waals surface area contributed by atoms with Crippen LogP contribution in [0.3, 0.4) is 0 Å². The van der Waals surface area contributed by atoms with Crippen LogP contribution in [-0.2, 0) is 12.7 Å². The molecule has 0 unspecified atom stereocenters. The number of ether oxygens (including phenoxy) is 1. The molecular weight excluding hydrogens is 445 g/mol. The van der Waals surface area contributed by atoms with Crippen LogP contribution in [0.1, 0.15) is 21.5 Å². The zero-order chi connectivity index (χ0) is 24.3. The summed E-state index contributed by atoms with van der Waals surface area (Å²) < 4.78 is 46.5. The summed E-state index contributed by atoms with van der Waals surface area (Å²) in [4.78, 5) is 15.9. The Balaban J connectivity index is 1.75. The summed E-state index contributed by atoms with van der Waals surface area (Å²) in [7, 11) is 0. The molecule has 1 heterocycles. The standard InChI is InChI=1S/C26H19F3N2O3/c27-26(28,29)19-12-18(17-6-3-5-16(11-17)15-30)13-20(14-19)34-24-10-4-9-23(31-24)21-7-1-2-8-22(21)25(32)33/h1-14H,15,30H2,(H,32,33). The molecule has 5 nitrogen and oxygen atoms in total. The summed E-state index contributed by atoms with van der Waals surface area (Å²) in [6.45, 7) is 0.255. The van der Waals surface area contributed by atoms with Gasteiger partial charge in [-0.05, 0) is 53.1 Å². The minimum atomic E-state index is -4.59. The molecule has 1 aromatic heterocycles. The first-order valence-corrected chi connectivity index (χ1v) is 10.2. The maximum atomic E-state index is 13.6. The Hall–Kier alpha value is -4.17. The predicted octanol–water partition coefficient (Wildman–Crippen LogP) is 6.38. The largest absolute Gasteiger partial charge is 0.478 e. The third-order valence-electron chi connectivity index (χ3n) is 5.11. The van der Waals surface area contributed by atoms with E-state index >= 15 is 0 Å². The van der Waals surface area contributed by atoms with Crippen LogP contribution in [0.25, 0.3) is 22.4 Å². The van der Waals surface area contributed by atoms with Crippen LogP contribution in [0.15, 0.2) is 84.9 Å². The summed E-state index contributed by atoms with van der Waals surface area (Å²) in [6, 6.07) is 21.4. The second-order valence-corrected chi connectivity index (χ2v) is 7.46. The molecule has 34 heavy (non-hydrogen) atoms. The fourth-order valence-electron chi connectivity index (χ4n) is 3.50. The lowest BCUT2D eigenvalue weighted by Crippen LogP contribution is -2.05. The molecule has 172 valence electrons. The maximum Gasteiger partial charge on any atom is 0.416 e. The predicted molar refractivity (Wildman–Crippen MR) is 121 cm³/mol. The number of alkyl halides is 3. The van der Waals surface area contributed by atoms with Crippen LogP contribution in [0.4, 0.5) is 13.2 Å². The summed E-state index contributed by atoms with van der Waals surface area (Å²) in [6.07, 6.45) is -4.59. The van der Waals surface area contributed by atoms with Crippen LogP contribution >= 0.6 is 0 Å². The molecule has 3 aromatic carbocycles. The number of nitrogens with two attached hydrogens (primary N) is 1. The van der Waals surface area contributed by atoms with Crippen LogP contribution in [0.2, 0.25) is 0 Å². The number of aromatic nitrogens is 1. The number of rotatable bonds is 6. The number of hydrogen-bond acceptors (Lipinski definition) is 4. The first kappa shape index (κ1) is 23.0. The van der Waals surface area contributed by atoms with Gasteiger partial charge in [0.2, 0.25) is 5.88 Å². The first-order valence-electron chi connectivity index (χ1n) is 10.2. The van der Waals surface area contributed by atoms with Crippen molar-refractivity contribution in [1.29, 1.82) is 0 Å². The van der Waals surface area contributed by atoms with Gasteiger partial charge in [-0.2, -0.15) is 13.2 Å². The molecule has 0 saturated carbocycles. The topological polar surface area (TPSA) is 85.4 Å². The zero-order valence-corrected chi connectivity index (χ0v) is 17.7. The summed E-state index contributed by atoms with van der Waals surface area (Å²) in [5.74, 6) is -1.15. The summed E-state index contributed by atoms with van der Waals surface area (Å²) in [5, 5.41) is 9.44. The molecule has 3 N–H and O–H groups in total. The third-order valence-corrected chi connectivity index (χ3v) is 5.11. The molecule has 0 spiro atoms. The molecule has 0 aliphatic rings. The van der Waals surface area contributed by atoms with Gasteiger partial charge in [-0.25, -0.2) is 9.78 Å². The van der Waals surface area contributed by atoms with Crippen molar-refractivity contribution in [3.63, 3.8) is 0 Å². The van der Waals surface area contributed by atoms with Gasteiger partial charge in [-0.1, -0.05) is 42.5 Å².